The Morgan fingerprint density at radius 1 is 1.45 bits per heavy atom. The Morgan fingerprint density at radius 3 is 3.09 bits per heavy atom. The summed E-state index contributed by atoms with van der Waals surface area (Å²) in [7, 11) is 0. The molecule has 0 radical (unpaired) electrons. The van der Waals surface area contributed by atoms with Crippen molar-refractivity contribution in [2.24, 2.45) is 4.99 Å². The molecule has 3 heteroatoms. The van der Waals surface area contributed by atoms with Crippen molar-refractivity contribution >= 4 is 5.84 Å². The van der Waals surface area contributed by atoms with E-state index in [1.807, 2.05) is 23.1 Å². The molecule has 0 saturated heterocycles. The van der Waals surface area contributed by atoms with E-state index in [4.69, 9.17) is 0 Å². The van der Waals surface area contributed by atoms with E-state index in [2.05, 4.69) is 16.2 Å². The van der Waals surface area contributed by atoms with Gasteiger partial charge in [-0.1, -0.05) is 6.08 Å². The van der Waals surface area contributed by atoms with Crippen LogP contribution in [-0.4, -0.2) is 15.6 Å². The average molecular weight is 147 g/mol. The fourth-order valence-electron chi connectivity index (χ4n) is 1.09. The van der Waals surface area contributed by atoms with Gasteiger partial charge in [0.05, 0.1) is 0 Å². The van der Waals surface area contributed by atoms with Gasteiger partial charge in [0.1, 0.15) is 5.84 Å². The van der Waals surface area contributed by atoms with Crippen LogP contribution < -0.4 is 0 Å². The molecular formula is C8H9N3. The summed E-state index contributed by atoms with van der Waals surface area (Å²) < 4.78 is 1.81. The lowest BCUT2D eigenvalue weighted by Gasteiger charge is -2.06. The van der Waals surface area contributed by atoms with Crippen LogP contribution in [0.5, 0.6) is 0 Å². The number of nitrogens with zero attached hydrogens (tertiary/aromatic N) is 3. The van der Waals surface area contributed by atoms with Gasteiger partial charge in [-0.15, -0.1) is 0 Å². The number of aliphatic imine (C=N–C) groups is 1. The first-order valence-electron chi connectivity index (χ1n) is 3.68. The van der Waals surface area contributed by atoms with E-state index in [0.717, 1.165) is 18.7 Å². The summed E-state index contributed by atoms with van der Waals surface area (Å²) in [6.07, 6.45) is 9.63. The highest BCUT2D eigenvalue weighted by molar-refractivity contribution is 5.84. The molecule has 2 heterocycles. The summed E-state index contributed by atoms with van der Waals surface area (Å²) in [5, 5.41) is 4.09. The quantitative estimate of drug-likeness (QED) is 0.546. The molecule has 3 nitrogen and oxygen atoms in total. The zero-order valence-corrected chi connectivity index (χ0v) is 6.14. The number of allylic oxidation sites excluding steroid dienone is 1. The van der Waals surface area contributed by atoms with Crippen LogP contribution in [0.15, 0.2) is 35.7 Å². The predicted molar refractivity (Wildman–Crippen MR) is 43.4 cm³/mol. The van der Waals surface area contributed by atoms with Crippen molar-refractivity contribution in [3.8, 4) is 0 Å². The molecule has 0 bridgehead atoms. The Hall–Kier alpha value is -1.38. The SMILES string of the molecule is C1=CN=C(n2cccn2)CC1. The summed E-state index contributed by atoms with van der Waals surface area (Å²) in [5.41, 5.74) is 0. The summed E-state index contributed by atoms with van der Waals surface area (Å²) >= 11 is 0. The van der Waals surface area contributed by atoms with Gasteiger partial charge in [-0.3, -0.25) is 0 Å². The molecule has 11 heavy (non-hydrogen) atoms. The topological polar surface area (TPSA) is 30.2 Å². The minimum absolute atomic E-state index is 0.984. The molecule has 0 amide bonds. The van der Waals surface area contributed by atoms with Crippen LogP contribution in [0.2, 0.25) is 0 Å². The monoisotopic (exact) mass is 147 g/mol. The van der Waals surface area contributed by atoms with Gasteiger partial charge >= 0.3 is 0 Å². The molecule has 0 spiro atoms. The largest absolute Gasteiger partial charge is 0.242 e. The maximum absolute atomic E-state index is 4.21. The van der Waals surface area contributed by atoms with Crippen LogP contribution in [0, 0.1) is 0 Å². The Balaban J connectivity index is 2.29. The molecule has 0 aromatic carbocycles. The Morgan fingerprint density at radius 2 is 2.45 bits per heavy atom. The van der Waals surface area contributed by atoms with Crippen LogP contribution in [0.4, 0.5) is 0 Å². The Bertz CT molecular complexity index is 282. The minimum atomic E-state index is 0.984. The molecule has 1 aromatic heterocycles. The van der Waals surface area contributed by atoms with Crippen molar-refractivity contribution in [3.05, 3.63) is 30.7 Å². The van der Waals surface area contributed by atoms with E-state index >= 15 is 0 Å². The van der Waals surface area contributed by atoms with Crippen molar-refractivity contribution in [1.82, 2.24) is 9.78 Å². The summed E-state index contributed by atoms with van der Waals surface area (Å²) in [4.78, 5) is 4.21. The highest BCUT2D eigenvalue weighted by atomic mass is 15.3. The first-order valence-corrected chi connectivity index (χ1v) is 3.68. The zero-order chi connectivity index (χ0) is 7.52. The molecule has 1 aliphatic heterocycles. The second-order valence-electron chi connectivity index (χ2n) is 2.42. The highest BCUT2D eigenvalue weighted by Gasteiger charge is 2.02. The number of aromatic nitrogens is 2. The zero-order valence-electron chi connectivity index (χ0n) is 6.14. The summed E-state index contributed by atoms with van der Waals surface area (Å²) in [6, 6.07) is 1.90. The Labute approximate surface area is 65.1 Å². The third-order valence-corrected chi connectivity index (χ3v) is 1.63. The maximum Gasteiger partial charge on any atom is 0.130 e. The van der Waals surface area contributed by atoms with Crippen LogP contribution in [0.3, 0.4) is 0 Å². The fourth-order valence-corrected chi connectivity index (χ4v) is 1.09. The lowest BCUT2D eigenvalue weighted by molar-refractivity contribution is 0.872. The molecule has 0 N–H and O–H groups in total. The molecule has 0 aliphatic carbocycles. The molecule has 1 aromatic rings. The summed E-state index contributed by atoms with van der Waals surface area (Å²) in [6.45, 7) is 0. The minimum Gasteiger partial charge on any atom is -0.242 e. The van der Waals surface area contributed by atoms with Crippen molar-refractivity contribution in [2.45, 2.75) is 12.8 Å². The maximum atomic E-state index is 4.21. The fraction of sp³-hybridized carbons (Fsp3) is 0.250. The first-order chi connectivity index (χ1) is 5.47. The molecule has 0 fully saturated rings. The van der Waals surface area contributed by atoms with E-state index < -0.39 is 0 Å². The lowest BCUT2D eigenvalue weighted by Crippen LogP contribution is -2.12. The van der Waals surface area contributed by atoms with Crippen LogP contribution in [0.1, 0.15) is 12.8 Å². The number of hydrogen-bond donors (Lipinski definition) is 0. The summed E-state index contributed by atoms with van der Waals surface area (Å²) in [5.74, 6) is 1.03. The number of hydrogen-bond acceptors (Lipinski definition) is 2. The van der Waals surface area contributed by atoms with Crippen molar-refractivity contribution in [1.29, 1.82) is 0 Å². The standard InChI is InChI=1S/C8H9N3/c1-2-5-9-8(4-1)11-7-3-6-10-11/h2-3,5-7H,1,4H2. The first kappa shape index (κ1) is 6.34. The molecular weight excluding hydrogens is 138 g/mol. The highest BCUT2D eigenvalue weighted by Crippen LogP contribution is 2.03. The van der Waals surface area contributed by atoms with Gasteiger partial charge < -0.3 is 0 Å². The molecule has 2 rings (SSSR count). The van der Waals surface area contributed by atoms with Crippen molar-refractivity contribution in [2.75, 3.05) is 0 Å². The molecule has 0 atom stereocenters. The van der Waals surface area contributed by atoms with E-state index in [1.54, 1.807) is 6.20 Å². The second-order valence-corrected chi connectivity index (χ2v) is 2.42. The van der Waals surface area contributed by atoms with E-state index in [-0.39, 0.29) is 0 Å². The van der Waals surface area contributed by atoms with Gasteiger partial charge in [0.15, 0.2) is 0 Å². The second kappa shape index (κ2) is 2.70. The van der Waals surface area contributed by atoms with Crippen LogP contribution in [0.25, 0.3) is 0 Å². The van der Waals surface area contributed by atoms with Crippen molar-refractivity contribution in [3.63, 3.8) is 0 Å². The van der Waals surface area contributed by atoms with Crippen LogP contribution in [-0.2, 0) is 0 Å². The number of rotatable bonds is 0. The van der Waals surface area contributed by atoms with Gasteiger partial charge in [0, 0.05) is 25.0 Å². The van der Waals surface area contributed by atoms with E-state index in [9.17, 15) is 0 Å². The van der Waals surface area contributed by atoms with Crippen LogP contribution >= 0.6 is 0 Å². The Kier molecular flexibility index (Phi) is 1.55. The smallest absolute Gasteiger partial charge is 0.130 e. The molecule has 1 aliphatic rings. The average Bonchev–Trinajstić information content (AvgIpc) is 2.58. The van der Waals surface area contributed by atoms with Gasteiger partial charge in [-0.25, -0.2) is 9.67 Å². The molecule has 56 valence electrons. The lowest BCUT2D eigenvalue weighted by atomic mass is 10.2. The van der Waals surface area contributed by atoms with Gasteiger partial charge in [0.2, 0.25) is 0 Å². The normalized spacial score (nSPS) is 16.5. The van der Waals surface area contributed by atoms with Gasteiger partial charge in [-0.05, 0) is 12.5 Å². The third kappa shape index (κ3) is 1.22. The molecule has 0 unspecified atom stereocenters. The predicted octanol–water partition coefficient (Wildman–Crippen LogP) is 1.44. The van der Waals surface area contributed by atoms with Crippen molar-refractivity contribution < 1.29 is 0 Å². The molecule has 0 saturated carbocycles. The van der Waals surface area contributed by atoms with E-state index in [1.165, 1.54) is 0 Å². The van der Waals surface area contributed by atoms with E-state index in [0.29, 0.717) is 0 Å². The van der Waals surface area contributed by atoms with Gasteiger partial charge in [-0.2, -0.15) is 5.10 Å². The third-order valence-electron chi connectivity index (χ3n) is 1.63. The van der Waals surface area contributed by atoms with Gasteiger partial charge in [0.25, 0.3) is 0 Å².